The number of rotatable bonds is 3. The zero-order valence-electron chi connectivity index (χ0n) is 16.4. The van der Waals surface area contributed by atoms with E-state index >= 15 is 0 Å². The van der Waals surface area contributed by atoms with E-state index in [-0.39, 0.29) is 5.91 Å². The van der Waals surface area contributed by atoms with Gasteiger partial charge in [-0.1, -0.05) is 24.6 Å². The molecular formula is C23H23N5O. The number of benzene rings is 2. The molecule has 5 rings (SSSR count). The first-order valence-electron chi connectivity index (χ1n) is 10.1. The number of hydrogen-bond donors (Lipinski definition) is 1. The van der Waals surface area contributed by atoms with Crippen molar-refractivity contribution in [1.82, 2.24) is 19.3 Å². The number of hydrogen-bond acceptors (Lipinski definition) is 3. The quantitative estimate of drug-likeness (QED) is 0.568. The summed E-state index contributed by atoms with van der Waals surface area (Å²) in [6.07, 6.45) is 6.45. The maximum Gasteiger partial charge on any atom is 0.257 e. The Labute approximate surface area is 169 Å². The van der Waals surface area contributed by atoms with E-state index in [1.165, 1.54) is 12.8 Å². The van der Waals surface area contributed by atoms with E-state index in [1.54, 1.807) is 0 Å². The van der Waals surface area contributed by atoms with Crippen molar-refractivity contribution in [3.8, 4) is 11.4 Å². The lowest BCUT2D eigenvalue weighted by molar-refractivity contribution is 0.102. The molecule has 0 unspecified atom stereocenters. The first-order chi connectivity index (χ1) is 14.2. The summed E-state index contributed by atoms with van der Waals surface area (Å²) in [5.74, 6) is 1.88. The Balaban J connectivity index is 1.38. The molecule has 6 heteroatoms. The smallest absolute Gasteiger partial charge is 0.257 e. The van der Waals surface area contributed by atoms with Gasteiger partial charge in [0.05, 0.1) is 5.56 Å². The van der Waals surface area contributed by atoms with Gasteiger partial charge < -0.3 is 14.5 Å². The van der Waals surface area contributed by atoms with E-state index in [4.69, 9.17) is 0 Å². The van der Waals surface area contributed by atoms with Crippen LogP contribution >= 0.6 is 0 Å². The number of anilines is 1. The van der Waals surface area contributed by atoms with Crippen molar-refractivity contribution in [3.63, 3.8) is 0 Å². The van der Waals surface area contributed by atoms with Gasteiger partial charge in [0.1, 0.15) is 5.82 Å². The van der Waals surface area contributed by atoms with Crippen molar-refractivity contribution in [1.29, 1.82) is 0 Å². The largest absolute Gasteiger partial charge is 0.350 e. The van der Waals surface area contributed by atoms with Crippen LogP contribution in [0.3, 0.4) is 0 Å². The second-order valence-electron chi connectivity index (χ2n) is 7.60. The average molecular weight is 385 g/mol. The van der Waals surface area contributed by atoms with Crippen LogP contribution in [-0.4, -0.2) is 25.2 Å². The van der Waals surface area contributed by atoms with Gasteiger partial charge in [-0.3, -0.25) is 4.79 Å². The zero-order chi connectivity index (χ0) is 19.8. The van der Waals surface area contributed by atoms with Crippen molar-refractivity contribution >= 4 is 22.5 Å². The molecule has 3 heterocycles. The molecule has 1 aliphatic heterocycles. The number of fused-ring (bicyclic) bond motifs is 2. The molecular weight excluding hydrogens is 362 g/mol. The molecule has 6 nitrogen and oxygen atoms in total. The van der Waals surface area contributed by atoms with Gasteiger partial charge in [0.15, 0.2) is 5.82 Å². The summed E-state index contributed by atoms with van der Waals surface area (Å²) in [6.45, 7) is 0.969. The molecule has 146 valence electrons. The van der Waals surface area contributed by atoms with Crippen LogP contribution in [-0.2, 0) is 20.0 Å². The summed E-state index contributed by atoms with van der Waals surface area (Å²) in [5, 5.41) is 12.8. The minimum atomic E-state index is -0.106. The number of aromatic nitrogens is 4. The molecule has 29 heavy (non-hydrogen) atoms. The SMILES string of the molecule is Cn1cc(C(=O)Nc2ccc(-c3nnc4n3CCCCC4)cc2)c2ccccc21. The molecule has 1 N–H and O–H groups in total. The fraction of sp³-hybridized carbons (Fsp3) is 0.261. The van der Waals surface area contributed by atoms with Crippen LogP contribution < -0.4 is 5.32 Å². The average Bonchev–Trinajstić information content (AvgIpc) is 3.21. The maximum atomic E-state index is 12.8. The van der Waals surface area contributed by atoms with Crippen molar-refractivity contribution in [2.75, 3.05) is 5.32 Å². The number of para-hydroxylation sites is 1. The van der Waals surface area contributed by atoms with Crippen LogP contribution in [0, 0.1) is 0 Å². The fourth-order valence-corrected chi connectivity index (χ4v) is 4.12. The minimum absolute atomic E-state index is 0.106. The second-order valence-corrected chi connectivity index (χ2v) is 7.60. The highest BCUT2D eigenvalue weighted by Gasteiger charge is 2.17. The molecule has 0 fully saturated rings. The highest BCUT2D eigenvalue weighted by atomic mass is 16.1. The van der Waals surface area contributed by atoms with Crippen LogP contribution in [0.4, 0.5) is 5.69 Å². The predicted octanol–water partition coefficient (Wildman–Crippen LogP) is 4.42. The molecule has 0 radical (unpaired) electrons. The fourth-order valence-electron chi connectivity index (χ4n) is 4.12. The molecule has 2 aromatic carbocycles. The highest BCUT2D eigenvalue weighted by Crippen LogP contribution is 2.25. The molecule has 0 saturated heterocycles. The summed E-state index contributed by atoms with van der Waals surface area (Å²) >= 11 is 0. The minimum Gasteiger partial charge on any atom is -0.350 e. The van der Waals surface area contributed by atoms with Crippen LogP contribution in [0.5, 0.6) is 0 Å². The van der Waals surface area contributed by atoms with E-state index in [9.17, 15) is 4.79 Å². The van der Waals surface area contributed by atoms with Gasteiger partial charge in [-0.15, -0.1) is 10.2 Å². The normalized spacial score (nSPS) is 13.8. The number of carbonyl (C=O) groups is 1. The number of nitrogens with one attached hydrogen (secondary N) is 1. The topological polar surface area (TPSA) is 64.7 Å². The Morgan fingerprint density at radius 2 is 1.83 bits per heavy atom. The van der Waals surface area contributed by atoms with Gasteiger partial charge in [0.2, 0.25) is 0 Å². The summed E-state index contributed by atoms with van der Waals surface area (Å²) in [4.78, 5) is 12.8. The number of carbonyl (C=O) groups excluding carboxylic acids is 1. The lowest BCUT2D eigenvalue weighted by atomic mass is 10.1. The van der Waals surface area contributed by atoms with Gasteiger partial charge in [-0.05, 0) is 43.2 Å². The second kappa shape index (κ2) is 7.20. The van der Waals surface area contributed by atoms with Gasteiger partial charge in [-0.2, -0.15) is 0 Å². The van der Waals surface area contributed by atoms with Crippen molar-refractivity contribution in [2.24, 2.45) is 7.05 Å². The summed E-state index contributed by atoms with van der Waals surface area (Å²) < 4.78 is 4.21. The zero-order valence-corrected chi connectivity index (χ0v) is 16.4. The maximum absolute atomic E-state index is 12.8. The number of nitrogens with zero attached hydrogens (tertiary/aromatic N) is 4. The Kier molecular flexibility index (Phi) is 4.39. The Morgan fingerprint density at radius 1 is 1.00 bits per heavy atom. The molecule has 0 saturated carbocycles. The third kappa shape index (κ3) is 3.20. The predicted molar refractivity (Wildman–Crippen MR) is 114 cm³/mol. The van der Waals surface area contributed by atoms with Gasteiger partial charge in [0.25, 0.3) is 5.91 Å². The first-order valence-corrected chi connectivity index (χ1v) is 10.1. The van der Waals surface area contributed by atoms with Crippen LogP contribution in [0.15, 0.2) is 54.7 Å². The van der Waals surface area contributed by atoms with Crippen molar-refractivity contribution in [3.05, 3.63) is 66.1 Å². The first kappa shape index (κ1) is 17.7. The van der Waals surface area contributed by atoms with E-state index in [0.29, 0.717) is 5.56 Å². The Bertz CT molecular complexity index is 1190. The van der Waals surface area contributed by atoms with Crippen molar-refractivity contribution in [2.45, 2.75) is 32.2 Å². The van der Waals surface area contributed by atoms with E-state index < -0.39 is 0 Å². The Hall–Kier alpha value is -3.41. The summed E-state index contributed by atoms with van der Waals surface area (Å²) in [6, 6.07) is 15.8. The molecule has 0 bridgehead atoms. The molecule has 4 aromatic rings. The lowest BCUT2D eigenvalue weighted by Gasteiger charge is -2.08. The van der Waals surface area contributed by atoms with E-state index in [1.807, 2.05) is 66.3 Å². The van der Waals surface area contributed by atoms with Gasteiger partial charge >= 0.3 is 0 Å². The molecule has 2 aromatic heterocycles. The standard InChI is InChI=1S/C23H23N5O/c1-27-15-19(18-7-4-5-8-20(18)27)23(29)24-17-12-10-16(11-13-17)22-26-25-21-9-3-2-6-14-28(21)22/h4-5,7-8,10-13,15H,2-3,6,9,14H2,1H3,(H,24,29). The Morgan fingerprint density at radius 3 is 2.69 bits per heavy atom. The van der Waals surface area contributed by atoms with Gasteiger partial charge in [-0.25, -0.2) is 0 Å². The third-order valence-electron chi connectivity index (χ3n) is 5.65. The van der Waals surface area contributed by atoms with Gasteiger partial charge in [0, 0.05) is 48.4 Å². The molecule has 1 amide bonds. The van der Waals surface area contributed by atoms with Crippen molar-refractivity contribution < 1.29 is 4.79 Å². The highest BCUT2D eigenvalue weighted by molar-refractivity contribution is 6.13. The van der Waals surface area contributed by atoms with Crippen LogP contribution in [0.2, 0.25) is 0 Å². The monoisotopic (exact) mass is 385 g/mol. The van der Waals surface area contributed by atoms with E-state index in [2.05, 4.69) is 20.1 Å². The number of amides is 1. The summed E-state index contributed by atoms with van der Waals surface area (Å²) in [7, 11) is 1.95. The van der Waals surface area contributed by atoms with Crippen LogP contribution in [0.1, 0.15) is 35.4 Å². The molecule has 0 atom stereocenters. The number of aryl methyl sites for hydroxylation is 2. The van der Waals surface area contributed by atoms with Crippen LogP contribution in [0.25, 0.3) is 22.3 Å². The molecule has 0 spiro atoms. The third-order valence-corrected chi connectivity index (χ3v) is 5.65. The molecule has 1 aliphatic rings. The summed E-state index contributed by atoms with van der Waals surface area (Å²) in [5.41, 5.74) is 3.51. The lowest BCUT2D eigenvalue weighted by Crippen LogP contribution is -2.11. The molecule has 0 aliphatic carbocycles. The van der Waals surface area contributed by atoms with E-state index in [0.717, 1.165) is 53.2 Å².